The molecule has 0 aliphatic rings. The molecule has 3 nitrogen and oxygen atoms in total. The van der Waals surface area contributed by atoms with Crippen molar-refractivity contribution in [3.05, 3.63) is 0 Å². The molecule has 0 saturated heterocycles. The second-order valence-corrected chi connectivity index (χ2v) is 4.87. The lowest BCUT2D eigenvalue weighted by molar-refractivity contribution is 0.117. The maximum absolute atomic E-state index is 5.25. The molecule has 0 aromatic carbocycles. The molecule has 0 amide bonds. The molecule has 0 radical (unpaired) electrons. The van der Waals surface area contributed by atoms with Crippen molar-refractivity contribution in [2.45, 2.75) is 46.0 Å². The summed E-state index contributed by atoms with van der Waals surface area (Å²) in [6.07, 6.45) is 6.25. The van der Waals surface area contributed by atoms with E-state index in [0.29, 0.717) is 5.41 Å². The predicted octanol–water partition coefficient (Wildman–Crippen LogP) is 2.85. The van der Waals surface area contributed by atoms with E-state index in [2.05, 4.69) is 19.2 Å². The minimum atomic E-state index is 0.403. The Labute approximate surface area is 107 Å². The van der Waals surface area contributed by atoms with Crippen molar-refractivity contribution in [1.29, 1.82) is 0 Å². The van der Waals surface area contributed by atoms with Gasteiger partial charge in [-0.25, -0.2) is 0 Å². The van der Waals surface area contributed by atoms with Gasteiger partial charge in [-0.1, -0.05) is 26.7 Å². The highest BCUT2D eigenvalue weighted by Gasteiger charge is 2.26. The molecule has 0 heterocycles. The van der Waals surface area contributed by atoms with Gasteiger partial charge in [0.2, 0.25) is 0 Å². The van der Waals surface area contributed by atoms with Crippen molar-refractivity contribution in [3.8, 4) is 0 Å². The van der Waals surface area contributed by atoms with Crippen molar-refractivity contribution in [1.82, 2.24) is 5.32 Å². The molecular weight excluding hydrogens is 214 g/mol. The summed E-state index contributed by atoms with van der Waals surface area (Å²) in [6, 6.07) is 0. The number of unbranched alkanes of at least 4 members (excludes halogenated alkanes) is 1. The second kappa shape index (κ2) is 11.0. The summed E-state index contributed by atoms with van der Waals surface area (Å²) < 4.78 is 10.3. The fourth-order valence-corrected chi connectivity index (χ4v) is 2.18. The summed E-state index contributed by atoms with van der Waals surface area (Å²) >= 11 is 0. The number of hydrogen-bond acceptors (Lipinski definition) is 3. The van der Waals surface area contributed by atoms with Crippen LogP contribution in [0.2, 0.25) is 0 Å². The highest BCUT2D eigenvalue weighted by molar-refractivity contribution is 4.80. The van der Waals surface area contributed by atoms with Crippen molar-refractivity contribution >= 4 is 0 Å². The van der Waals surface area contributed by atoms with Crippen LogP contribution in [0.4, 0.5) is 0 Å². The van der Waals surface area contributed by atoms with Crippen LogP contribution >= 0.6 is 0 Å². The largest absolute Gasteiger partial charge is 0.385 e. The minimum absolute atomic E-state index is 0.403. The fraction of sp³-hybridized carbons (Fsp3) is 1.00. The number of methoxy groups -OCH3 is 2. The first-order valence-corrected chi connectivity index (χ1v) is 6.93. The van der Waals surface area contributed by atoms with Gasteiger partial charge in [0, 0.05) is 33.9 Å². The SMILES string of the molecule is CCCCC(CC)(CCOC)CNCCOC. The third-order valence-corrected chi connectivity index (χ3v) is 3.63. The number of hydrogen-bond donors (Lipinski definition) is 1. The van der Waals surface area contributed by atoms with E-state index in [-0.39, 0.29) is 0 Å². The third kappa shape index (κ3) is 7.74. The molecule has 0 spiro atoms. The average Bonchev–Trinajstić information content (AvgIpc) is 2.37. The Kier molecular flexibility index (Phi) is 10.9. The molecule has 0 fully saturated rings. The quantitative estimate of drug-likeness (QED) is 0.536. The lowest BCUT2D eigenvalue weighted by Crippen LogP contribution is -2.36. The standard InChI is InChI=1S/C14H31NO2/c1-5-7-8-14(6-2,9-11-16-3)13-15-10-12-17-4/h15H,5-13H2,1-4H3. The molecule has 3 heteroatoms. The molecule has 0 aliphatic heterocycles. The van der Waals surface area contributed by atoms with Crippen LogP contribution in [0.25, 0.3) is 0 Å². The molecule has 1 N–H and O–H groups in total. The van der Waals surface area contributed by atoms with E-state index in [1.807, 2.05) is 0 Å². The molecule has 0 bridgehead atoms. The highest BCUT2D eigenvalue weighted by Crippen LogP contribution is 2.32. The Morgan fingerprint density at radius 1 is 1.00 bits per heavy atom. The highest BCUT2D eigenvalue weighted by atomic mass is 16.5. The number of nitrogens with one attached hydrogen (secondary N) is 1. The van der Waals surface area contributed by atoms with Crippen molar-refractivity contribution in [2.24, 2.45) is 5.41 Å². The van der Waals surface area contributed by atoms with Crippen LogP contribution < -0.4 is 5.32 Å². The zero-order valence-electron chi connectivity index (χ0n) is 12.2. The first-order chi connectivity index (χ1) is 8.24. The van der Waals surface area contributed by atoms with Crippen molar-refractivity contribution in [2.75, 3.05) is 40.5 Å². The van der Waals surface area contributed by atoms with Gasteiger partial charge in [-0.05, 0) is 24.7 Å². The number of ether oxygens (including phenoxy) is 2. The van der Waals surface area contributed by atoms with Crippen LogP contribution in [-0.2, 0) is 9.47 Å². The van der Waals surface area contributed by atoms with Gasteiger partial charge in [0.15, 0.2) is 0 Å². The van der Waals surface area contributed by atoms with Crippen LogP contribution in [0.3, 0.4) is 0 Å². The Morgan fingerprint density at radius 3 is 2.24 bits per heavy atom. The molecule has 1 atom stereocenters. The molecule has 0 aromatic rings. The summed E-state index contributed by atoms with van der Waals surface area (Å²) in [5.41, 5.74) is 0.403. The monoisotopic (exact) mass is 245 g/mol. The minimum Gasteiger partial charge on any atom is -0.385 e. The summed E-state index contributed by atoms with van der Waals surface area (Å²) in [5.74, 6) is 0. The Balaban J connectivity index is 4.12. The van der Waals surface area contributed by atoms with E-state index in [1.54, 1.807) is 14.2 Å². The summed E-state index contributed by atoms with van der Waals surface area (Å²) in [6.45, 7) is 8.23. The van der Waals surface area contributed by atoms with Gasteiger partial charge in [-0.3, -0.25) is 0 Å². The third-order valence-electron chi connectivity index (χ3n) is 3.63. The van der Waals surface area contributed by atoms with Gasteiger partial charge in [0.1, 0.15) is 0 Å². The average molecular weight is 245 g/mol. The van der Waals surface area contributed by atoms with Gasteiger partial charge in [0.25, 0.3) is 0 Å². The smallest absolute Gasteiger partial charge is 0.0587 e. The van der Waals surface area contributed by atoms with Gasteiger partial charge in [-0.2, -0.15) is 0 Å². The second-order valence-electron chi connectivity index (χ2n) is 4.87. The van der Waals surface area contributed by atoms with Crippen LogP contribution in [0.1, 0.15) is 46.0 Å². The normalized spacial score (nSPS) is 14.8. The maximum atomic E-state index is 5.25. The van der Waals surface area contributed by atoms with Crippen LogP contribution in [0.5, 0.6) is 0 Å². The van der Waals surface area contributed by atoms with Crippen LogP contribution in [-0.4, -0.2) is 40.5 Å². The van der Waals surface area contributed by atoms with Gasteiger partial charge < -0.3 is 14.8 Å². The van der Waals surface area contributed by atoms with E-state index in [9.17, 15) is 0 Å². The van der Waals surface area contributed by atoms with E-state index in [4.69, 9.17) is 9.47 Å². The zero-order valence-corrected chi connectivity index (χ0v) is 12.2. The lowest BCUT2D eigenvalue weighted by Gasteiger charge is -2.33. The molecule has 0 rings (SSSR count). The Hall–Kier alpha value is -0.120. The summed E-state index contributed by atoms with van der Waals surface area (Å²) in [5, 5.41) is 3.52. The molecule has 0 aromatic heterocycles. The maximum Gasteiger partial charge on any atom is 0.0587 e. The first kappa shape index (κ1) is 16.9. The van der Waals surface area contributed by atoms with E-state index >= 15 is 0 Å². The Morgan fingerprint density at radius 2 is 1.71 bits per heavy atom. The Bertz CT molecular complexity index is 154. The summed E-state index contributed by atoms with van der Waals surface area (Å²) in [7, 11) is 3.54. The van der Waals surface area contributed by atoms with E-state index in [0.717, 1.165) is 32.7 Å². The zero-order chi connectivity index (χ0) is 13.0. The van der Waals surface area contributed by atoms with E-state index in [1.165, 1.54) is 25.7 Å². The fourth-order valence-electron chi connectivity index (χ4n) is 2.18. The van der Waals surface area contributed by atoms with Crippen molar-refractivity contribution in [3.63, 3.8) is 0 Å². The molecule has 1 unspecified atom stereocenters. The molecular formula is C14H31NO2. The van der Waals surface area contributed by atoms with Gasteiger partial charge in [-0.15, -0.1) is 0 Å². The molecule has 17 heavy (non-hydrogen) atoms. The molecule has 0 aliphatic carbocycles. The first-order valence-electron chi connectivity index (χ1n) is 6.93. The number of rotatable bonds is 12. The van der Waals surface area contributed by atoms with Crippen LogP contribution in [0, 0.1) is 5.41 Å². The van der Waals surface area contributed by atoms with Gasteiger partial charge in [0.05, 0.1) is 6.61 Å². The van der Waals surface area contributed by atoms with Gasteiger partial charge >= 0.3 is 0 Å². The topological polar surface area (TPSA) is 30.5 Å². The van der Waals surface area contributed by atoms with E-state index < -0.39 is 0 Å². The van der Waals surface area contributed by atoms with Crippen LogP contribution in [0.15, 0.2) is 0 Å². The molecule has 0 saturated carbocycles. The van der Waals surface area contributed by atoms with Crippen molar-refractivity contribution < 1.29 is 9.47 Å². The molecule has 104 valence electrons. The lowest BCUT2D eigenvalue weighted by atomic mass is 9.77. The summed E-state index contributed by atoms with van der Waals surface area (Å²) in [4.78, 5) is 0. The predicted molar refractivity (Wildman–Crippen MR) is 73.5 cm³/mol.